The summed E-state index contributed by atoms with van der Waals surface area (Å²) >= 11 is 0. The third-order valence-electron chi connectivity index (χ3n) is 11.0. The van der Waals surface area contributed by atoms with Crippen LogP contribution in [-0.2, 0) is 52.5 Å². The molecule has 0 spiro atoms. The molecule has 422 valence electrons. The highest BCUT2D eigenvalue weighted by atomic mass is 35.5. The molecule has 3 aliphatic rings. The van der Waals surface area contributed by atoms with Gasteiger partial charge in [-0.05, 0) is 44.8 Å². The highest BCUT2D eigenvalue weighted by Crippen LogP contribution is 2.33. The molecule has 73 heavy (non-hydrogen) atoms. The molecule has 3 fully saturated rings. The number of aliphatic hydroxyl groups excluding tert-OH is 8. The number of esters is 3. The van der Waals surface area contributed by atoms with Crippen LogP contribution >= 0.6 is 12.4 Å². The zero-order valence-electron chi connectivity index (χ0n) is 43.9. The maximum atomic E-state index is 11.9. The monoisotopic (exact) mass is 1070 g/mol. The Bertz CT molecular complexity index is 1680. The van der Waals surface area contributed by atoms with Gasteiger partial charge < -0.3 is 85.8 Å². The summed E-state index contributed by atoms with van der Waals surface area (Å²) in [6.07, 6.45) is 6.91. The minimum atomic E-state index is -1.50. The van der Waals surface area contributed by atoms with Crippen LogP contribution < -0.4 is 16.4 Å². The highest BCUT2D eigenvalue weighted by Gasteiger charge is 2.45. The molecule has 0 aromatic heterocycles. The van der Waals surface area contributed by atoms with Crippen molar-refractivity contribution in [2.75, 3.05) is 32.8 Å². The molecule has 15 unspecified atom stereocenters. The van der Waals surface area contributed by atoms with Crippen LogP contribution in [0.3, 0.4) is 0 Å². The number of carbonyl (C=O) groups excluding carboxylic acids is 6. The van der Waals surface area contributed by atoms with E-state index < -0.39 is 105 Å². The van der Waals surface area contributed by atoms with Gasteiger partial charge in [-0.15, -0.1) is 49.4 Å². The second kappa shape index (κ2) is 43.0. The topological polar surface area (TPSA) is 364 Å². The van der Waals surface area contributed by atoms with Crippen molar-refractivity contribution in [3.63, 3.8) is 0 Å². The van der Waals surface area contributed by atoms with E-state index in [0.717, 1.165) is 6.42 Å². The molecule has 3 rings (SSSR count). The summed E-state index contributed by atoms with van der Waals surface area (Å²) in [6.45, 7) is 20.5. The molecule has 0 bridgehead atoms. The van der Waals surface area contributed by atoms with E-state index in [1.807, 2.05) is 13.8 Å². The van der Waals surface area contributed by atoms with Crippen LogP contribution in [0.5, 0.6) is 0 Å². The Morgan fingerprint density at radius 2 is 1.00 bits per heavy atom. The molecule has 0 aliphatic carbocycles. The first-order valence-electron chi connectivity index (χ1n) is 23.7. The van der Waals surface area contributed by atoms with Crippen LogP contribution in [-0.4, -0.2) is 194 Å². The van der Waals surface area contributed by atoms with Gasteiger partial charge in [0, 0.05) is 59.3 Å². The van der Waals surface area contributed by atoms with Crippen molar-refractivity contribution in [1.82, 2.24) is 15.5 Å². The molecule has 3 aliphatic heterocycles. The van der Waals surface area contributed by atoms with Gasteiger partial charge >= 0.3 is 17.9 Å². The Labute approximate surface area is 437 Å². The number of ether oxygens (including phenoxy) is 5. The average Bonchev–Trinajstić information content (AvgIpc) is 3.33. The van der Waals surface area contributed by atoms with Gasteiger partial charge in [0.15, 0.2) is 12.6 Å². The maximum absolute atomic E-state index is 11.9. The zero-order chi connectivity index (χ0) is 56.3. The van der Waals surface area contributed by atoms with E-state index in [-0.39, 0.29) is 67.3 Å². The number of nitrogens with zero attached hydrogens (tertiary/aromatic N) is 1. The van der Waals surface area contributed by atoms with Gasteiger partial charge in [-0.1, -0.05) is 41.5 Å². The molecule has 12 N–H and O–H groups in total. The van der Waals surface area contributed by atoms with Crippen LogP contribution in [0.15, 0.2) is 0 Å². The number of ketones is 1. The number of terminal acetylenes is 3. The lowest BCUT2D eigenvalue weighted by atomic mass is 9.81. The number of amides is 2. The molecule has 0 saturated carbocycles. The van der Waals surface area contributed by atoms with Crippen LogP contribution in [0.25, 0.3) is 0 Å². The number of carbonyl (C=O) groups is 6. The van der Waals surface area contributed by atoms with E-state index in [0.29, 0.717) is 19.3 Å². The fourth-order valence-electron chi connectivity index (χ4n) is 6.61. The van der Waals surface area contributed by atoms with E-state index >= 15 is 0 Å². The van der Waals surface area contributed by atoms with Gasteiger partial charge in [-0.25, -0.2) is 0 Å². The quantitative estimate of drug-likeness (QED) is 0.0520. The largest absolute Gasteiger partial charge is 0.434 e. The van der Waals surface area contributed by atoms with Gasteiger partial charge in [0.2, 0.25) is 18.1 Å². The molecular weight excluding hydrogens is 984 g/mol. The standard InChI is InChI=1S/C16H25NO4.C11H17NO6.C6H13NO5.C6H15N.C6H8O.C4H6O3.ClH/c1-6-8-9-14(19)17-15-11(4)10(3)13(7-2)21-16(15)20-12(5)18;1-2-3-4-7(14)12-8-10(16)9(15)6(5-13)18-11(8)17;7-3-5(10)4(9)2(1-8)12-6(3)11;1-4-7(5-2)6-3;1-3-4-5-6(2)7;1-3(5)7-4(2)6;/h1,10-11,13,15-16H,7-9H2,2-5H3,(H,17,19);1,6,8-11,13,15-17H,3-5H2,(H,12,14);2-6,8-11H,1,7H2;4-6H2,1-3H3;1H,4-5H2,2H3;1-2H3;1H. The van der Waals surface area contributed by atoms with Crippen molar-refractivity contribution in [2.24, 2.45) is 17.6 Å². The number of nitrogens with one attached hydrogen (secondary N) is 2. The Hall–Kier alpha value is -4.33. The van der Waals surface area contributed by atoms with Crippen LogP contribution in [0.4, 0.5) is 0 Å². The molecular formula is C49H85ClN4O19. The number of halogens is 1. The van der Waals surface area contributed by atoms with E-state index in [1.54, 1.807) is 0 Å². The van der Waals surface area contributed by atoms with Crippen molar-refractivity contribution in [3.8, 4) is 37.0 Å². The lowest BCUT2D eigenvalue weighted by Crippen LogP contribution is -2.64. The number of aliphatic hydroxyl groups is 8. The van der Waals surface area contributed by atoms with Crippen molar-refractivity contribution < 1.29 is 93.3 Å². The molecule has 0 radical (unpaired) electrons. The number of nitrogens with two attached hydrogens (primary N) is 1. The summed E-state index contributed by atoms with van der Waals surface area (Å²) in [5.74, 6) is 5.52. The van der Waals surface area contributed by atoms with Gasteiger partial charge in [0.25, 0.3) is 0 Å². The third kappa shape index (κ3) is 31.9. The molecule has 23 nitrogen and oxygen atoms in total. The number of Topliss-reactive ketones (excluding diaryl/α,β-unsaturated/α-hetero) is 1. The minimum Gasteiger partial charge on any atom is -0.434 e. The van der Waals surface area contributed by atoms with Crippen LogP contribution in [0.1, 0.15) is 114 Å². The fourth-order valence-corrected chi connectivity index (χ4v) is 6.61. The van der Waals surface area contributed by atoms with Gasteiger partial charge in [0.1, 0.15) is 48.4 Å². The lowest BCUT2D eigenvalue weighted by Gasteiger charge is -2.44. The predicted molar refractivity (Wildman–Crippen MR) is 269 cm³/mol. The van der Waals surface area contributed by atoms with Crippen LogP contribution in [0, 0.1) is 48.9 Å². The molecule has 0 aromatic rings. The summed E-state index contributed by atoms with van der Waals surface area (Å²) in [5.41, 5.74) is 5.26. The SMILES string of the molecule is C#CCCC(=O)NC1C(O)OC(CO)C(O)C1O.C#CCCC(=O)NC1C(OC(C)=O)OC(CC)C(C)C1C.C#CCCC(C)=O.CC(=O)OC(C)=O.CCN(CC)CC.Cl.NC1C(O)OC(CO)C(O)C1O. The van der Waals surface area contributed by atoms with Gasteiger partial charge in [0.05, 0.1) is 31.4 Å². The highest BCUT2D eigenvalue weighted by molar-refractivity contribution is 5.85. The molecule has 2 amide bonds. The predicted octanol–water partition coefficient (Wildman–Crippen LogP) is -1.23. The lowest BCUT2D eigenvalue weighted by molar-refractivity contribution is -0.253. The molecule has 24 heteroatoms. The first kappa shape index (κ1) is 75.2. The Morgan fingerprint density at radius 3 is 1.33 bits per heavy atom. The number of rotatable bonds is 15. The van der Waals surface area contributed by atoms with Gasteiger partial charge in [-0.3, -0.25) is 28.8 Å². The summed E-state index contributed by atoms with van der Waals surface area (Å²) in [7, 11) is 0. The second-order valence-electron chi connectivity index (χ2n) is 16.5. The maximum Gasteiger partial charge on any atom is 0.310 e. The van der Waals surface area contributed by atoms with Crippen molar-refractivity contribution in [2.45, 2.75) is 194 Å². The summed E-state index contributed by atoms with van der Waals surface area (Å²) in [5, 5.41) is 79.0. The molecule has 15 atom stereocenters. The minimum absolute atomic E-state index is 0. The van der Waals surface area contributed by atoms with Crippen LogP contribution in [0.2, 0.25) is 0 Å². The number of hydrogen-bond acceptors (Lipinski definition) is 21. The first-order chi connectivity index (χ1) is 33.7. The summed E-state index contributed by atoms with van der Waals surface area (Å²) in [6, 6.07) is -2.55. The van der Waals surface area contributed by atoms with E-state index in [2.05, 4.69) is 65.7 Å². The number of hydrogen-bond donors (Lipinski definition) is 11. The average molecular weight is 1070 g/mol. The van der Waals surface area contributed by atoms with E-state index in [9.17, 15) is 54.3 Å². The summed E-state index contributed by atoms with van der Waals surface area (Å²) in [4.78, 5) is 66.7. The third-order valence-corrected chi connectivity index (χ3v) is 11.0. The van der Waals surface area contributed by atoms with Gasteiger partial charge in [-0.2, -0.15) is 0 Å². The Kier molecular flexibility index (Phi) is 44.3. The fraction of sp³-hybridized carbons (Fsp3) is 0.755. The second-order valence-corrected chi connectivity index (χ2v) is 16.5. The normalized spacial score (nSPS) is 28.6. The summed E-state index contributed by atoms with van der Waals surface area (Å²) < 4.78 is 24.6. The van der Waals surface area contributed by atoms with Crippen molar-refractivity contribution >= 4 is 47.9 Å². The first-order valence-corrected chi connectivity index (χ1v) is 23.7. The Morgan fingerprint density at radius 1 is 0.589 bits per heavy atom. The molecule has 3 saturated heterocycles. The smallest absolute Gasteiger partial charge is 0.310 e. The van der Waals surface area contributed by atoms with Crippen molar-refractivity contribution in [1.29, 1.82) is 0 Å². The molecule has 0 aromatic carbocycles. The molecule has 3 heterocycles. The Balaban J connectivity index is -0.000000414. The zero-order valence-corrected chi connectivity index (χ0v) is 44.7. The van der Waals surface area contributed by atoms with E-state index in [1.165, 1.54) is 47.3 Å². The van der Waals surface area contributed by atoms with E-state index in [4.69, 9.17) is 59.3 Å². The van der Waals surface area contributed by atoms with Crippen molar-refractivity contribution in [3.05, 3.63) is 0 Å².